The number of rotatable bonds is 5. The van der Waals surface area contributed by atoms with Crippen molar-refractivity contribution in [2.24, 2.45) is 0 Å². The van der Waals surface area contributed by atoms with Crippen molar-refractivity contribution in [2.75, 3.05) is 21.0 Å². The Morgan fingerprint density at radius 1 is 1.15 bits per heavy atom. The monoisotopic (exact) mass is 444 g/mol. The predicted molar refractivity (Wildman–Crippen MR) is 123 cm³/mol. The van der Waals surface area contributed by atoms with Gasteiger partial charge in [0, 0.05) is 24.8 Å². The van der Waals surface area contributed by atoms with Crippen molar-refractivity contribution >= 4 is 11.9 Å². The second kappa shape index (κ2) is 8.60. The summed E-state index contributed by atoms with van der Waals surface area (Å²) >= 11 is 0. The molecule has 3 heterocycles. The lowest BCUT2D eigenvalue weighted by Gasteiger charge is -2.29. The van der Waals surface area contributed by atoms with Crippen LogP contribution in [-0.2, 0) is 13.1 Å². The molecule has 2 aromatic carbocycles. The Morgan fingerprint density at radius 2 is 2.03 bits per heavy atom. The first-order valence-corrected chi connectivity index (χ1v) is 10.7. The van der Waals surface area contributed by atoms with Gasteiger partial charge in [0.25, 0.3) is 0 Å². The van der Waals surface area contributed by atoms with Crippen molar-refractivity contribution < 1.29 is 23.7 Å². The highest BCUT2D eigenvalue weighted by Gasteiger charge is 2.35. The summed E-state index contributed by atoms with van der Waals surface area (Å²) in [4.78, 5) is 19.8. The maximum atomic E-state index is 13.3. The van der Waals surface area contributed by atoms with E-state index < -0.39 is 0 Å². The summed E-state index contributed by atoms with van der Waals surface area (Å²) in [6.45, 7) is 3.58. The molecular weight excluding hydrogens is 420 g/mol. The van der Waals surface area contributed by atoms with Crippen LogP contribution in [0, 0.1) is 6.92 Å². The van der Waals surface area contributed by atoms with E-state index in [9.17, 15) is 4.79 Å². The summed E-state index contributed by atoms with van der Waals surface area (Å²) in [6, 6.07) is 13.3. The van der Waals surface area contributed by atoms with Crippen molar-refractivity contribution in [3.8, 4) is 23.0 Å². The number of aromatic nitrogens is 1. The first kappa shape index (κ1) is 21.0. The molecule has 0 saturated carbocycles. The van der Waals surface area contributed by atoms with Crippen LogP contribution >= 0.6 is 0 Å². The number of Topliss-reactive ketones (excluding diaryl/α,β-unsaturated/α-hetero) is 1. The van der Waals surface area contributed by atoms with Gasteiger partial charge in [-0.3, -0.25) is 14.7 Å². The van der Waals surface area contributed by atoms with E-state index in [2.05, 4.69) is 9.88 Å². The first-order valence-electron chi connectivity index (χ1n) is 10.7. The van der Waals surface area contributed by atoms with Crippen LogP contribution in [0.3, 0.4) is 0 Å². The van der Waals surface area contributed by atoms with Gasteiger partial charge in [-0.2, -0.15) is 0 Å². The van der Waals surface area contributed by atoms with Crippen LogP contribution in [0.5, 0.6) is 23.0 Å². The number of hydrogen-bond acceptors (Lipinski definition) is 7. The fourth-order valence-electron chi connectivity index (χ4n) is 4.26. The number of benzene rings is 2. The second-order valence-corrected chi connectivity index (χ2v) is 7.98. The highest BCUT2D eigenvalue weighted by Crippen LogP contribution is 2.44. The molecule has 0 N–H and O–H groups in total. The number of ketones is 1. The molecule has 0 spiro atoms. The molecule has 0 bridgehead atoms. The molecule has 3 aromatic rings. The third-order valence-corrected chi connectivity index (χ3v) is 5.82. The van der Waals surface area contributed by atoms with Gasteiger partial charge in [-0.1, -0.05) is 18.2 Å². The lowest BCUT2D eigenvalue weighted by Crippen LogP contribution is -2.32. The first-order chi connectivity index (χ1) is 16.1. The molecule has 0 atom stereocenters. The summed E-state index contributed by atoms with van der Waals surface area (Å²) < 4.78 is 23.1. The van der Waals surface area contributed by atoms with E-state index in [1.54, 1.807) is 32.6 Å². The third kappa shape index (κ3) is 3.81. The third-order valence-electron chi connectivity index (χ3n) is 5.82. The molecule has 7 heteroatoms. The molecule has 0 aliphatic carbocycles. The Balaban J connectivity index is 1.49. The van der Waals surface area contributed by atoms with Crippen molar-refractivity contribution in [3.63, 3.8) is 0 Å². The van der Waals surface area contributed by atoms with Gasteiger partial charge in [0.15, 0.2) is 17.3 Å². The van der Waals surface area contributed by atoms with Crippen LogP contribution in [0.1, 0.15) is 32.7 Å². The predicted octanol–water partition coefficient (Wildman–Crippen LogP) is 4.38. The molecule has 1 aromatic heterocycles. The van der Waals surface area contributed by atoms with E-state index in [0.29, 0.717) is 48.2 Å². The molecule has 2 aliphatic rings. The number of carbonyl (C=O) groups excluding carboxylic acids is 1. The molecule has 0 radical (unpaired) electrons. The number of ether oxygens (including phenoxy) is 4. The van der Waals surface area contributed by atoms with Gasteiger partial charge in [-0.05, 0) is 42.8 Å². The minimum atomic E-state index is -0.156. The SMILES string of the molecule is COc1cccc(/C=C2\Oc3c4c(cc(C)c3C2=O)OCN(Cc2ccccn2)C4)c1OC. The van der Waals surface area contributed by atoms with Crippen molar-refractivity contribution in [1.82, 2.24) is 9.88 Å². The summed E-state index contributed by atoms with van der Waals surface area (Å²) in [5, 5.41) is 0. The molecular formula is C26H24N2O5. The normalized spacial score (nSPS) is 16.1. The highest BCUT2D eigenvalue weighted by molar-refractivity contribution is 6.16. The highest BCUT2D eigenvalue weighted by atomic mass is 16.5. The van der Waals surface area contributed by atoms with Gasteiger partial charge in [0.05, 0.1) is 31.0 Å². The smallest absolute Gasteiger partial charge is 0.232 e. The Hall–Kier alpha value is -3.84. The number of fused-ring (bicyclic) bond motifs is 3. The number of nitrogens with zero attached hydrogens (tertiary/aromatic N) is 2. The fraction of sp³-hybridized carbons (Fsp3) is 0.231. The van der Waals surface area contributed by atoms with E-state index in [1.165, 1.54) is 0 Å². The molecule has 168 valence electrons. The number of pyridine rings is 1. The molecule has 2 aliphatic heterocycles. The maximum Gasteiger partial charge on any atom is 0.232 e. The van der Waals surface area contributed by atoms with E-state index in [1.807, 2.05) is 43.3 Å². The van der Waals surface area contributed by atoms with Crippen LogP contribution in [0.4, 0.5) is 0 Å². The lowest BCUT2D eigenvalue weighted by atomic mass is 9.98. The Labute approximate surface area is 192 Å². The zero-order valence-electron chi connectivity index (χ0n) is 18.8. The number of para-hydroxylation sites is 1. The number of allylic oxidation sites excluding steroid dienone is 1. The maximum absolute atomic E-state index is 13.3. The van der Waals surface area contributed by atoms with Gasteiger partial charge in [-0.25, -0.2) is 0 Å². The summed E-state index contributed by atoms with van der Waals surface area (Å²) in [5.74, 6) is 2.53. The Kier molecular flexibility index (Phi) is 5.48. The van der Waals surface area contributed by atoms with Crippen molar-refractivity contribution in [2.45, 2.75) is 20.0 Å². The average Bonchev–Trinajstić information content (AvgIpc) is 3.16. The van der Waals surface area contributed by atoms with Crippen LogP contribution in [0.25, 0.3) is 6.08 Å². The van der Waals surface area contributed by atoms with Crippen LogP contribution in [0.15, 0.2) is 54.4 Å². The largest absolute Gasteiger partial charge is 0.493 e. The number of hydrogen-bond donors (Lipinski definition) is 0. The minimum Gasteiger partial charge on any atom is -0.493 e. The van der Waals surface area contributed by atoms with Crippen LogP contribution in [0.2, 0.25) is 0 Å². The van der Waals surface area contributed by atoms with Gasteiger partial charge in [0.1, 0.15) is 18.2 Å². The quantitative estimate of drug-likeness (QED) is 0.541. The summed E-state index contributed by atoms with van der Waals surface area (Å²) in [5.41, 5.74) is 3.92. The Bertz CT molecular complexity index is 1250. The van der Waals surface area contributed by atoms with Gasteiger partial charge >= 0.3 is 0 Å². The second-order valence-electron chi connectivity index (χ2n) is 7.98. The van der Waals surface area contributed by atoms with Crippen LogP contribution < -0.4 is 18.9 Å². The lowest BCUT2D eigenvalue weighted by molar-refractivity contribution is 0.0861. The zero-order chi connectivity index (χ0) is 22.9. The standard InChI is InChI=1S/C26H24N2O5/c1-16-11-21-19(14-28(15-32-21)13-18-8-4-5-10-27-18)26-23(16)24(29)22(33-26)12-17-7-6-9-20(30-2)25(17)31-3/h4-12H,13-15H2,1-3H3/b22-12-. The zero-order valence-corrected chi connectivity index (χ0v) is 18.8. The number of aryl methyl sites for hydroxylation is 1. The van der Waals surface area contributed by atoms with E-state index in [4.69, 9.17) is 18.9 Å². The minimum absolute atomic E-state index is 0.156. The van der Waals surface area contributed by atoms with E-state index in [-0.39, 0.29) is 11.5 Å². The molecule has 0 amide bonds. The average molecular weight is 444 g/mol. The van der Waals surface area contributed by atoms with E-state index in [0.717, 1.165) is 22.6 Å². The van der Waals surface area contributed by atoms with Crippen molar-refractivity contribution in [1.29, 1.82) is 0 Å². The number of carbonyl (C=O) groups is 1. The van der Waals surface area contributed by atoms with Gasteiger partial charge in [-0.15, -0.1) is 0 Å². The summed E-state index contributed by atoms with van der Waals surface area (Å²) in [7, 11) is 3.15. The summed E-state index contributed by atoms with van der Waals surface area (Å²) in [6.07, 6.45) is 3.48. The van der Waals surface area contributed by atoms with Crippen molar-refractivity contribution in [3.05, 3.63) is 82.4 Å². The van der Waals surface area contributed by atoms with Gasteiger partial charge < -0.3 is 18.9 Å². The topological polar surface area (TPSA) is 70.1 Å². The number of methoxy groups -OCH3 is 2. The van der Waals surface area contributed by atoms with Crippen LogP contribution in [-0.4, -0.2) is 36.6 Å². The fourth-order valence-corrected chi connectivity index (χ4v) is 4.26. The molecule has 0 saturated heterocycles. The molecule has 7 nitrogen and oxygen atoms in total. The molecule has 5 rings (SSSR count). The van der Waals surface area contributed by atoms with E-state index >= 15 is 0 Å². The molecule has 0 fully saturated rings. The molecule has 0 unspecified atom stereocenters. The van der Waals surface area contributed by atoms with Gasteiger partial charge in [0.2, 0.25) is 5.78 Å². The molecule has 33 heavy (non-hydrogen) atoms. The Morgan fingerprint density at radius 3 is 2.79 bits per heavy atom.